The van der Waals surface area contributed by atoms with Gasteiger partial charge in [0.05, 0.1) is 0 Å². The minimum atomic E-state index is 0.723. The van der Waals surface area contributed by atoms with E-state index in [1.807, 2.05) is 0 Å². The number of fused-ring (bicyclic) bond motifs is 1. The van der Waals surface area contributed by atoms with Gasteiger partial charge in [0.2, 0.25) is 0 Å². The van der Waals surface area contributed by atoms with E-state index >= 15 is 0 Å². The molecular weight excluding hydrogens is 170 g/mol. The van der Waals surface area contributed by atoms with Crippen molar-refractivity contribution in [1.82, 2.24) is 0 Å². The minimum absolute atomic E-state index is 0.723. The summed E-state index contributed by atoms with van der Waals surface area (Å²) in [6, 6.07) is 15.7. The molecule has 0 bridgehead atoms. The Morgan fingerprint density at radius 2 is 1.71 bits per heavy atom. The number of nitrogens with one attached hydrogen (secondary N) is 1. The molecule has 0 saturated heterocycles. The average Bonchev–Trinajstić information content (AvgIpc) is 3.03. The van der Waals surface area contributed by atoms with Crippen molar-refractivity contribution in [2.24, 2.45) is 0 Å². The van der Waals surface area contributed by atoms with Crippen LogP contribution < -0.4 is 5.32 Å². The summed E-state index contributed by atoms with van der Waals surface area (Å²) in [5.74, 6) is 0. The summed E-state index contributed by atoms with van der Waals surface area (Å²) in [6.07, 6.45) is 2.65. The summed E-state index contributed by atoms with van der Waals surface area (Å²) >= 11 is 0. The number of benzene rings is 2. The molecule has 1 saturated carbocycles. The molecule has 1 nitrogen and oxygen atoms in total. The molecule has 1 aliphatic rings. The van der Waals surface area contributed by atoms with Gasteiger partial charge in [-0.1, -0.05) is 36.4 Å². The molecule has 1 N–H and O–H groups in total. The van der Waals surface area contributed by atoms with Gasteiger partial charge in [-0.25, -0.2) is 0 Å². The third-order valence-corrected chi connectivity index (χ3v) is 2.73. The van der Waals surface area contributed by atoms with E-state index < -0.39 is 0 Å². The van der Waals surface area contributed by atoms with E-state index in [1.54, 1.807) is 0 Å². The molecule has 2 aromatic rings. The summed E-state index contributed by atoms with van der Waals surface area (Å²) in [5.41, 5.74) is 1.28. The summed E-state index contributed by atoms with van der Waals surface area (Å²) in [5, 5.41) is 6.21. The molecule has 3 rings (SSSR count). The number of anilines is 1. The molecule has 0 aromatic heterocycles. The average molecular weight is 183 g/mol. The summed E-state index contributed by atoms with van der Waals surface area (Å²) in [4.78, 5) is 0. The fourth-order valence-electron chi connectivity index (χ4n) is 1.80. The maximum atomic E-state index is 3.56. The van der Waals surface area contributed by atoms with Gasteiger partial charge in [-0.3, -0.25) is 0 Å². The zero-order valence-corrected chi connectivity index (χ0v) is 8.03. The Morgan fingerprint density at radius 3 is 2.57 bits per heavy atom. The monoisotopic (exact) mass is 183 g/mol. The van der Waals surface area contributed by atoms with Crippen molar-refractivity contribution in [3.63, 3.8) is 0 Å². The highest BCUT2D eigenvalue weighted by molar-refractivity contribution is 5.93. The second-order valence-electron chi connectivity index (χ2n) is 3.95. The molecule has 1 aliphatic carbocycles. The van der Waals surface area contributed by atoms with Crippen LogP contribution in [0.2, 0.25) is 0 Å². The van der Waals surface area contributed by atoms with Crippen molar-refractivity contribution in [3.8, 4) is 0 Å². The van der Waals surface area contributed by atoms with Crippen molar-refractivity contribution in [1.29, 1.82) is 0 Å². The topological polar surface area (TPSA) is 12.0 Å². The van der Waals surface area contributed by atoms with Crippen LogP contribution in [0.15, 0.2) is 42.5 Å². The van der Waals surface area contributed by atoms with E-state index in [4.69, 9.17) is 0 Å². The molecule has 0 unspecified atom stereocenters. The first-order valence-corrected chi connectivity index (χ1v) is 5.18. The second-order valence-corrected chi connectivity index (χ2v) is 3.95. The van der Waals surface area contributed by atoms with Gasteiger partial charge < -0.3 is 5.32 Å². The molecule has 0 spiro atoms. The highest BCUT2D eigenvalue weighted by Crippen LogP contribution is 2.29. The van der Waals surface area contributed by atoms with Crippen LogP contribution in [0.1, 0.15) is 12.8 Å². The lowest BCUT2D eigenvalue weighted by Gasteiger charge is -2.07. The molecule has 0 amide bonds. The maximum absolute atomic E-state index is 3.56. The Balaban J connectivity index is 2.11. The lowest BCUT2D eigenvalue weighted by molar-refractivity contribution is 1.16. The molecule has 14 heavy (non-hydrogen) atoms. The summed E-state index contributed by atoms with van der Waals surface area (Å²) < 4.78 is 0. The summed E-state index contributed by atoms with van der Waals surface area (Å²) in [6.45, 7) is 0. The largest absolute Gasteiger partial charge is 0.382 e. The SMILES string of the molecule is c1ccc2c(NC3CC3)cccc2c1. The summed E-state index contributed by atoms with van der Waals surface area (Å²) in [7, 11) is 0. The lowest BCUT2D eigenvalue weighted by atomic mass is 10.1. The smallest absolute Gasteiger partial charge is 0.0422 e. The molecule has 0 atom stereocenters. The first-order valence-electron chi connectivity index (χ1n) is 5.18. The molecule has 2 aromatic carbocycles. The highest BCUT2D eigenvalue weighted by atomic mass is 15.0. The third kappa shape index (κ3) is 1.35. The zero-order chi connectivity index (χ0) is 9.38. The van der Waals surface area contributed by atoms with E-state index in [1.165, 1.54) is 29.3 Å². The molecular formula is C13H13N. The van der Waals surface area contributed by atoms with Gasteiger partial charge >= 0.3 is 0 Å². The van der Waals surface area contributed by atoms with Crippen molar-refractivity contribution in [2.45, 2.75) is 18.9 Å². The minimum Gasteiger partial charge on any atom is -0.382 e. The highest BCUT2D eigenvalue weighted by Gasteiger charge is 2.21. The van der Waals surface area contributed by atoms with Crippen LogP contribution >= 0.6 is 0 Å². The first kappa shape index (κ1) is 7.86. The first-order chi connectivity index (χ1) is 6.93. The molecule has 0 heterocycles. The van der Waals surface area contributed by atoms with Crippen LogP contribution in [0.5, 0.6) is 0 Å². The van der Waals surface area contributed by atoms with Gasteiger partial charge in [0.1, 0.15) is 0 Å². The number of rotatable bonds is 2. The second kappa shape index (κ2) is 3.02. The zero-order valence-electron chi connectivity index (χ0n) is 8.03. The number of hydrogen-bond donors (Lipinski definition) is 1. The van der Waals surface area contributed by atoms with Crippen molar-refractivity contribution < 1.29 is 0 Å². The van der Waals surface area contributed by atoms with E-state index in [2.05, 4.69) is 47.8 Å². The molecule has 1 heteroatoms. The third-order valence-electron chi connectivity index (χ3n) is 2.73. The van der Waals surface area contributed by atoms with Gasteiger partial charge in [0, 0.05) is 17.1 Å². The Hall–Kier alpha value is -1.50. The molecule has 1 fully saturated rings. The van der Waals surface area contributed by atoms with E-state index in [0.29, 0.717) is 0 Å². The van der Waals surface area contributed by atoms with Gasteiger partial charge in [-0.15, -0.1) is 0 Å². The van der Waals surface area contributed by atoms with Crippen molar-refractivity contribution in [3.05, 3.63) is 42.5 Å². The van der Waals surface area contributed by atoms with Crippen LogP contribution in [0.25, 0.3) is 10.8 Å². The predicted molar refractivity (Wildman–Crippen MR) is 60.6 cm³/mol. The Kier molecular flexibility index (Phi) is 1.69. The molecule has 70 valence electrons. The Morgan fingerprint density at radius 1 is 0.929 bits per heavy atom. The molecule has 0 radical (unpaired) electrons. The molecule has 0 aliphatic heterocycles. The van der Waals surface area contributed by atoms with E-state index in [9.17, 15) is 0 Å². The van der Waals surface area contributed by atoms with Crippen LogP contribution in [-0.4, -0.2) is 6.04 Å². The normalized spacial score (nSPS) is 15.7. The fourth-order valence-corrected chi connectivity index (χ4v) is 1.80. The van der Waals surface area contributed by atoms with Crippen LogP contribution in [0, 0.1) is 0 Å². The Bertz CT molecular complexity index is 452. The van der Waals surface area contributed by atoms with E-state index in [-0.39, 0.29) is 0 Å². The fraction of sp³-hybridized carbons (Fsp3) is 0.231. The van der Waals surface area contributed by atoms with Gasteiger partial charge in [0.15, 0.2) is 0 Å². The van der Waals surface area contributed by atoms with E-state index in [0.717, 1.165) is 6.04 Å². The Labute approximate surface area is 83.8 Å². The van der Waals surface area contributed by atoms with Gasteiger partial charge in [0.25, 0.3) is 0 Å². The van der Waals surface area contributed by atoms with Crippen LogP contribution in [0.3, 0.4) is 0 Å². The van der Waals surface area contributed by atoms with Gasteiger partial charge in [-0.2, -0.15) is 0 Å². The van der Waals surface area contributed by atoms with Crippen molar-refractivity contribution >= 4 is 16.5 Å². The number of hydrogen-bond acceptors (Lipinski definition) is 1. The van der Waals surface area contributed by atoms with Crippen molar-refractivity contribution in [2.75, 3.05) is 5.32 Å². The lowest BCUT2D eigenvalue weighted by Crippen LogP contribution is -2.00. The van der Waals surface area contributed by atoms with Crippen LogP contribution in [0.4, 0.5) is 5.69 Å². The van der Waals surface area contributed by atoms with Gasteiger partial charge in [-0.05, 0) is 24.3 Å². The predicted octanol–water partition coefficient (Wildman–Crippen LogP) is 3.41. The van der Waals surface area contributed by atoms with Crippen LogP contribution in [-0.2, 0) is 0 Å². The maximum Gasteiger partial charge on any atom is 0.0422 e. The standard InChI is InChI=1S/C13H13N/c1-2-6-12-10(4-1)5-3-7-13(12)14-11-8-9-11/h1-7,11,14H,8-9H2. The quantitative estimate of drug-likeness (QED) is 0.752.